The summed E-state index contributed by atoms with van der Waals surface area (Å²) >= 11 is 0. The molecule has 0 aromatic carbocycles. The van der Waals surface area contributed by atoms with Crippen LogP contribution in [0, 0.1) is 10.8 Å². The zero-order chi connectivity index (χ0) is 36.1. The average molecular weight is 678 g/mol. The number of hydrogen-bond donors (Lipinski definition) is 0. The van der Waals surface area contributed by atoms with Crippen LogP contribution in [0.5, 0.6) is 0 Å². The van der Waals surface area contributed by atoms with E-state index in [1.54, 1.807) is 0 Å². The van der Waals surface area contributed by atoms with Crippen molar-refractivity contribution in [2.45, 2.75) is 176 Å². The molecule has 7 nitrogen and oxygen atoms in total. The van der Waals surface area contributed by atoms with E-state index in [1.807, 2.05) is 12.2 Å². The maximum absolute atomic E-state index is 13.1. The summed E-state index contributed by atoms with van der Waals surface area (Å²) in [5, 5.41) is 0. The molecule has 0 unspecified atom stereocenters. The number of unbranched alkanes of at least 4 members (excludes halogenated alkanes) is 10. The Labute approximate surface area is 296 Å². The van der Waals surface area contributed by atoms with Gasteiger partial charge in [-0.1, -0.05) is 117 Å². The van der Waals surface area contributed by atoms with Crippen LogP contribution in [0.1, 0.15) is 170 Å². The standard InChI is InChI=1S/C41H75NO6/c1-9-11-13-15-17-19-21-23-31-46-37(43)29-25-27-36(48-39(45)33-40(3,4)34-41(5,6)35-42(7)8)28-26-30-38(44)47-32-24-22-20-18-16-14-12-10-2/h21-24,36H,9-20,25-35H2,1-8H3/b23-21-,24-22-. The van der Waals surface area contributed by atoms with Gasteiger partial charge in [0.15, 0.2) is 0 Å². The molecule has 0 radical (unpaired) electrons. The summed E-state index contributed by atoms with van der Waals surface area (Å²) < 4.78 is 16.8. The Balaban J connectivity index is 4.80. The monoisotopic (exact) mass is 678 g/mol. The van der Waals surface area contributed by atoms with E-state index in [2.05, 4.69) is 72.7 Å². The van der Waals surface area contributed by atoms with Crippen molar-refractivity contribution in [3.8, 4) is 0 Å². The van der Waals surface area contributed by atoms with E-state index in [-0.39, 0.29) is 47.7 Å². The summed E-state index contributed by atoms with van der Waals surface area (Å²) in [6.45, 7) is 14.7. The quantitative estimate of drug-likeness (QED) is 0.0312. The number of esters is 3. The zero-order valence-electron chi connectivity index (χ0n) is 32.5. The van der Waals surface area contributed by atoms with Crippen molar-refractivity contribution < 1.29 is 28.6 Å². The lowest BCUT2D eigenvalue weighted by Crippen LogP contribution is -2.34. The molecule has 280 valence electrons. The first-order valence-corrected chi connectivity index (χ1v) is 19.3. The Morgan fingerprint density at radius 3 is 1.50 bits per heavy atom. The summed E-state index contributed by atoms with van der Waals surface area (Å²) in [4.78, 5) is 40.0. The van der Waals surface area contributed by atoms with Crippen molar-refractivity contribution in [3.05, 3.63) is 24.3 Å². The maximum Gasteiger partial charge on any atom is 0.306 e. The van der Waals surface area contributed by atoms with Crippen LogP contribution >= 0.6 is 0 Å². The molecule has 0 saturated heterocycles. The summed E-state index contributed by atoms with van der Waals surface area (Å²) in [7, 11) is 4.14. The molecule has 48 heavy (non-hydrogen) atoms. The van der Waals surface area contributed by atoms with E-state index >= 15 is 0 Å². The molecule has 0 aromatic rings. The van der Waals surface area contributed by atoms with Crippen LogP contribution in [-0.2, 0) is 28.6 Å². The highest BCUT2D eigenvalue weighted by molar-refractivity contribution is 5.71. The van der Waals surface area contributed by atoms with Gasteiger partial charge in [-0.15, -0.1) is 0 Å². The van der Waals surface area contributed by atoms with Gasteiger partial charge in [-0.25, -0.2) is 0 Å². The molecule has 0 rings (SSSR count). The molecule has 0 saturated carbocycles. The first-order chi connectivity index (χ1) is 22.8. The Morgan fingerprint density at radius 2 is 1.06 bits per heavy atom. The van der Waals surface area contributed by atoms with Crippen molar-refractivity contribution in [2.24, 2.45) is 10.8 Å². The molecule has 0 aromatic heterocycles. The second-order valence-electron chi connectivity index (χ2n) is 15.5. The lowest BCUT2D eigenvalue weighted by molar-refractivity contribution is -0.152. The molecule has 0 fully saturated rings. The van der Waals surface area contributed by atoms with Crippen LogP contribution < -0.4 is 0 Å². The van der Waals surface area contributed by atoms with Crippen LogP contribution in [0.25, 0.3) is 0 Å². The molecule has 0 aliphatic heterocycles. The molecule has 0 atom stereocenters. The van der Waals surface area contributed by atoms with Crippen molar-refractivity contribution >= 4 is 17.9 Å². The number of nitrogens with zero attached hydrogens (tertiary/aromatic N) is 1. The topological polar surface area (TPSA) is 82.1 Å². The first kappa shape index (κ1) is 45.9. The third kappa shape index (κ3) is 29.9. The Kier molecular flexibility index (Phi) is 27.4. The molecule has 7 heteroatoms. The first-order valence-electron chi connectivity index (χ1n) is 19.3. The molecular formula is C41H75NO6. The van der Waals surface area contributed by atoms with Gasteiger partial charge in [0.2, 0.25) is 0 Å². The zero-order valence-corrected chi connectivity index (χ0v) is 32.5. The molecular weight excluding hydrogens is 602 g/mol. The minimum Gasteiger partial charge on any atom is -0.462 e. The van der Waals surface area contributed by atoms with Crippen LogP contribution in [0.15, 0.2) is 24.3 Å². The largest absolute Gasteiger partial charge is 0.462 e. The number of allylic oxidation sites excluding steroid dienone is 2. The van der Waals surface area contributed by atoms with Crippen LogP contribution in [0.3, 0.4) is 0 Å². The lowest BCUT2D eigenvalue weighted by atomic mass is 9.73. The second kappa shape index (κ2) is 28.7. The summed E-state index contributed by atoms with van der Waals surface area (Å²) in [6.07, 6.45) is 26.1. The lowest BCUT2D eigenvalue weighted by Gasteiger charge is -2.36. The predicted molar refractivity (Wildman–Crippen MR) is 200 cm³/mol. The molecule has 0 N–H and O–H groups in total. The smallest absolute Gasteiger partial charge is 0.306 e. The van der Waals surface area contributed by atoms with Crippen molar-refractivity contribution in [1.82, 2.24) is 4.90 Å². The van der Waals surface area contributed by atoms with E-state index in [0.29, 0.717) is 45.3 Å². The summed E-state index contributed by atoms with van der Waals surface area (Å²) in [5.41, 5.74) is -0.165. The van der Waals surface area contributed by atoms with Gasteiger partial charge in [0, 0.05) is 19.4 Å². The second-order valence-corrected chi connectivity index (χ2v) is 15.5. The fourth-order valence-electron chi connectivity index (χ4n) is 6.63. The minimum atomic E-state index is -0.358. The van der Waals surface area contributed by atoms with Gasteiger partial charge < -0.3 is 19.1 Å². The number of hydrogen-bond acceptors (Lipinski definition) is 7. The van der Waals surface area contributed by atoms with Gasteiger partial charge >= 0.3 is 17.9 Å². The highest BCUT2D eigenvalue weighted by Gasteiger charge is 2.32. The Morgan fingerprint density at radius 1 is 0.604 bits per heavy atom. The van der Waals surface area contributed by atoms with E-state index in [9.17, 15) is 14.4 Å². The van der Waals surface area contributed by atoms with Gasteiger partial charge in [-0.2, -0.15) is 0 Å². The van der Waals surface area contributed by atoms with Crippen LogP contribution in [0.4, 0.5) is 0 Å². The Hall–Kier alpha value is -2.15. The predicted octanol–water partition coefficient (Wildman–Crippen LogP) is 10.6. The highest BCUT2D eigenvalue weighted by Crippen LogP contribution is 2.37. The van der Waals surface area contributed by atoms with Gasteiger partial charge in [-0.3, -0.25) is 14.4 Å². The van der Waals surface area contributed by atoms with Gasteiger partial charge in [0.05, 0.1) is 6.42 Å². The normalized spacial score (nSPS) is 12.5. The van der Waals surface area contributed by atoms with Crippen molar-refractivity contribution in [2.75, 3.05) is 33.9 Å². The maximum atomic E-state index is 13.1. The van der Waals surface area contributed by atoms with E-state index in [4.69, 9.17) is 14.2 Å². The van der Waals surface area contributed by atoms with Crippen molar-refractivity contribution in [1.29, 1.82) is 0 Å². The fraction of sp³-hybridized carbons (Fsp3) is 0.829. The van der Waals surface area contributed by atoms with Crippen molar-refractivity contribution in [3.63, 3.8) is 0 Å². The fourth-order valence-corrected chi connectivity index (χ4v) is 6.63. The van der Waals surface area contributed by atoms with Gasteiger partial charge in [0.25, 0.3) is 0 Å². The molecule has 0 spiro atoms. The third-order valence-corrected chi connectivity index (χ3v) is 8.40. The third-order valence-electron chi connectivity index (χ3n) is 8.40. The number of carbonyl (C=O) groups excluding carboxylic acids is 3. The number of ether oxygens (including phenoxy) is 3. The molecule has 0 aliphatic carbocycles. The highest BCUT2D eigenvalue weighted by atomic mass is 16.5. The van der Waals surface area contributed by atoms with E-state index in [0.717, 1.165) is 25.8 Å². The molecule has 0 heterocycles. The SMILES string of the molecule is CCCCCCC/C=C\COC(=O)CCCC(CCCC(=O)OC/C=C\CCCCCCC)OC(=O)CC(C)(C)CC(C)(C)CN(C)C. The molecule has 0 aliphatic rings. The van der Waals surface area contributed by atoms with Gasteiger partial charge in [0.1, 0.15) is 19.3 Å². The average Bonchev–Trinajstić information content (AvgIpc) is 2.97. The molecule has 0 amide bonds. The van der Waals surface area contributed by atoms with Gasteiger partial charge in [-0.05, 0) is 82.7 Å². The van der Waals surface area contributed by atoms with Crippen LogP contribution in [-0.4, -0.2) is 62.8 Å². The van der Waals surface area contributed by atoms with E-state index in [1.165, 1.54) is 64.2 Å². The van der Waals surface area contributed by atoms with E-state index < -0.39 is 0 Å². The van der Waals surface area contributed by atoms with Crippen LogP contribution in [0.2, 0.25) is 0 Å². The summed E-state index contributed by atoms with van der Waals surface area (Å²) in [5.74, 6) is -0.709. The number of carbonyl (C=O) groups is 3. The summed E-state index contributed by atoms with van der Waals surface area (Å²) in [6, 6.07) is 0. The number of rotatable bonds is 31. The Bertz CT molecular complexity index is 845. The minimum absolute atomic E-state index is 0.0566. The molecule has 0 bridgehead atoms.